The number of fused-ring (bicyclic) bond motifs is 46. The molecule has 0 bridgehead atoms. The van der Waals surface area contributed by atoms with E-state index in [2.05, 4.69) is 357 Å². The van der Waals surface area contributed by atoms with Gasteiger partial charge in [-0.15, -0.1) is 45.3 Å². The van der Waals surface area contributed by atoms with E-state index >= 15 is 0 Å². The monoisotopic (exact) mass is 1500 g/mol. The lowest BCUT2D eigenvalue weighted by molar-refractivity contribution is 1.32. The maximum Gasteiger partial charge on any atom is 0.146 e. The fourth-order valence-electron chi connectivity index (χ4n) is 18.2. The highest BCUT2D eigenvalue weighted by Crippen LogP contribution is 2.47. The van der Waals surface area contributed by atoms with Crippen molar-refractivity contribution < 1.29 is 0 Å². The van der Waals surface area contributed by atoms with Crippen molar-refractivity contribution >= 4 is 279 Å². The number of aromatic nitrogens is 8. The number of rotatable bonds is 0. The van der Waals surface area contributed by atoms with E-state index in [1.165, 1.54) is 167 Å². The summed E-state index contributed by atoms with van der Waals surface area (Å²) in [4.78, 5) is 19.9. The zero-order chi connectivity index (χ0) is 73.0. The van der Waals surface area contributed by atoms with Crippen molar-refractivity contribution in [1.82, 2.24) is 37.5 Å². The van der Waals surface area contributed by atoms with Gasteiger partial charge in [-0.2, -0.15) is 0 Å². The molecule has 0 radical (unpaired) electrons. The molecule has 12 aromatic heterocycles. The SMILES string of the molecule is c1ccc2c(c1)nc1c3ccccc3c3c4c(ccc3n21)sc1ccccc14.c1ccc2c(c1)nc1c3ccccc3c3c4sc5ccccc5c4ccc3n21.c1ccc2c(c1)nc1c3ccccc3c3cc4c(cc3n21)sc1ccccc14.c1ccc2c(c1)nc1c3ccccc3c3cc4sc5ccccc5c4cc3n21. The van der Waals surface area contributed by atoms with Crippen LogP contribution in [-0.4, -0.2) is 37.5 Å². The Morgan fingerprint density at radius 3 is 0.982 bits per heavy atom. The minimum absolute atomic E-state index is 1.03. The van der Waals surface area contributed by atoms with Crippen LogP contribution in [0.5, 0.6) is 0 Å². The summed E-state index contributed by atoms with van der Waals surface area (Å²) in [5.41, 5.74) is 17.8. The summed E-state index contributed by atoms with van der Waals surface area (Å²) in [7, 11) is 0. The van der Waals surface area contributed by atoms with Gasteiger partial charge in [-0.3, -0.25) is 17.6 Å². The molecular formula is C100H56N8S4. The summed E-state index contributed by atoms with van der Waals surface area (Å²) in [6, 6.07) is 122. The minimum atomic E-state index is 1.03. The maximum atomic E-state index is 4.99. The lowest BCUT2D eigenvalue weighted by atomic mass is 10.0. The second-order valence-electron chi connectivity index (χ2n) is 29.0. The molecule has 0 atom stereocenters. The molecule has 0 fully saturated rings. The molecule has 0 aliphatic rings. The third-order valence-electron chi connectivity index (χ3n) is 23.0. The van der Waals surface area contributed by atoms with E-state index in [1.807, 2.05) is 45.3 Å². The summed E-state index contributed by atoms with van der Waals surface area (Å²) in [5.74, 6) is 0. The van der Waals surface area contributed by atoms with Crippen LogP contribution in [0.25, 0.3) is 234 Å². The number of thiophene rings is 4. The first kappa shape index (κ1) is 62.2. The zero-order valence-corrected chi connectivity index (χ0v) is 62.8. The van der Waals surface area contributed by atoms with Crippen LogP contribution in [0.15, 0.2) is 340 Å². The zero-order valence-electron chi connectivity index (χ0n) is 59.5. The van der Waals surface area contributed by atoms with Crippen LogP contribution in [-0.2, 0) is 0 Å². The van der Waals surface area contributed by atoms with Gasteiger partial charge in [0.25, 0.3) is 0 Å². The number of benzene rings is 16. The van der Waals surface area contributed by atoms with Crippen molar-refractivity contribution in [2.24, 2.45) is 0 Å². The van der Waals surface area contributed by atoms with Gasteiger partial charge in [-0.1, -0.05) is 224 Å². The Bertz CT molecular complexity index is 8760. The molecule has 0 spiro atoms. The smallest absolute Gasteiger partial charge is 0.146 e. The Hall–Kier alpha value is -13.7. The Kier molecular flexibility index (Phi) is 13.3. The largest absolute Gasteiger partial charge is 0.292 e. The van der Waals surface area contributed by atoms with Gasteiger partial charge < -0.3 is 0 Å². The van der Waals surface area contributed by atoms with Crippen LogP contribution in [0.1, 0.15) is 0 Å². The molecule has 0 aliphatic heterocycles. The molecule has 0 amide bonds. The first-order valence-corrected chi connectivity index (χ1v) is 40.9. The van der Waals surface area contributed by atoms with Gasteiger partial charge in [0, 0.05) is 124 Å². The molecule has 520 valence electrons. The number of imidazole rings is 4. The molecule has 28 aromatic rings. The Labute approximate surface area is 651 Å². The molecule has 8 nitrogen and oxygen atoms in total. The highest BCUT2D eigenvalue weighted by Gasteiger charge is 2.23. The van der Waals surface area contributed by atoms with Gasteiger partial charge in [-0.25, -0.2) is 19.9 Å². The quantitative estimate of drug-likeness (QED) is 0.142. The summed E-state index contributed by atoms with van der Waals surface area (Å²) >= 11 is 7.50. The predicted octanol–water partition coefficient (Wildman–Crippen LogP) is 28.6. The van der Waals surface area contributed by atoms with Crippen molar-refractivity contribution in [3.63, 3.8) is 0 Å². The predicted molar refractivity (Wildman–Crippen MR) is 482 cm³/mol. The van der Waals surface area contributed by atoms with E-state index in [0.29, 0.717) is 0 Å². The second-order valence-corrected chi connectivity index (χ2v) is 33.3. The molecule has 0 unspecified atom stereocenters. The Balaban J connectivity index is 0.0000000847. The number of para-hydroxylation sites is 8. The third-order valence-corrected chi connectivity index (χ3v) is 27.6. The highest BCUT2D eigenvalue weighted by atomic mass is 32.1. The normalized spacial score (nSPS) is 12.3. The molecule has 12 heterocycles. The molecule has 12 heteroatoms. The summed E-state index contributed by atoms with van der Waals surface area (Å²) in [6.45, 7) is 0. The van der Waals surface area contributed by atoms with Gasteiger partial charge >= 0.3 is 0 Å². The van der Waals surface area contributed by atoms with E-state index in [1.54, 1.807) is 0 Å². The van der Waals surface area contributed by atoms with E-state index in [-0.39, 0.29) is 0 Å². The van der Waals surface area contributed by atoms with Crippen LogP contribution < -0.4 is 0 Å². The number of hydrogen-bond acceptors (Lipinski definition) is 8. The van der Waals surface area contributed by atoms with Crippen LogP contribution in [0.4, 0.5) is 0 Å². The van der Waals surface area contributed by atoms with E-state index in [0.717, 1.165) is 66.7 Å². The molecule has 0 N–H and O–H groups in total. The van der Waals surface area contributed by atoms with E-state index in [9.17, 15) is 0 Å². The average Bonchev–Trinajstić information content (AvgIpc) is 1.56. The van der Waals surface area contributed by atoms with Crippen molar-refractivity contribution in [2.45, 2.75) is 0 Å². The Morgan fingerprint density at radius 2 is 0.482 bits per heavy atom. The maximum absolute atomic E-state index is 4.99. The Morgan fingerprint density at radius 1 is 0.161 bits per heavy atom. The molecule has 112 heavy (non-hydrogen) atoms. The molecule has 0 saturated carbocycles. The first-order chi connectivity index (χ1) is 55.6. The van der Waals surface area contributed by atoms with E-state index in [4.69, 9.17) is 19.9 Å². The molecule has 16 aromatic carbocycles. The third kappa shape index (κ3) is 8.96. The first-order valence-electron chi connectivity index (χ1n) is 37.7. The number of pyridine rings is 4. The van der Waals surface area contributed by atoms with Crippen LogP contribution in [0.2, 0.25) is 0 Å². The number of nitrogens with zero attached hydrogens (tertiary/aromatic N) is 8. The lowest BCUT2D eigenvalue weighted by Gasteiger charge is -2.10. The van der Waals surface area contributed by atoms with Crippen LogP contribution >= 0.6 is 45.3 Å². The lowest BCUT2D eigenvalue weighted by Crippen LogP contribution is -1.91. The summed E-state index contributed by atoms with van der Waals surface area (Å²) in [5, 5.41) is 25.8. The van der Waals surface area contributed by atoms with Crippen molar-refractivity contribution in [3.05, 3.63) is 340 Å². The van der Waals surface area contributed by atoms with Crippen molar-refractivity contribution in [1.29, 1.82) is 0 Å². The van der Waals surface area contributed by atoms with Gasteiger partial charge in [0.05, 0.1) is 66.2 Å². The molecule has 0 saturated heterocycles. The van der Waals surface area contributed by atoms with Crippen molar-refractivity contribution in [2.75, 3.05) is 0 Å². The number of hydrogen-bond donors (Lipinski definition) is 0. The van der Waals surface area contributed by atoms with Gasteiger partial charge in [-0.05, 0) is 137 Å². The van der Waals surface area contributed by atoms with Crippen molar-refractivity contribution in [3.8, 4) is 0 Å². The summed E-state index contributed by atoms with van der Waals surface area (Å²) in [6.07, 6.45) is 0. The van der Waals surface area contributed by atoms with Gasteiger partial charge in [0.1, 0.15) is 22.6 Å². The molecule has 28 rings (SSSR count). The minimum Gasteiger partial charge on any atom is -0.292 e. The standard InChI is InChI=1S/4C25H14N2S/c1-2-9-18-16(8-1)23-21(27-20-11-5-4-10-19(20)26-25(18)27)14-13-17-15-7-3-6-12-22(15)28-24(17)23;1-2-9-17-15(7-1)18-14-24-19(16-8-3-6-12-23(16)28-24)13-22(18)27-21-11-5-4-10-20(21)26-25(17)27;1-2-9-17-15(7-1)18-13-19-16-8-3-6-12-23(16)28-24(19)14-22(18)27-21-11-5-4-10-20(21)26-25(17)27;1-2-8-16-15(7-1)23-20(27-19-11-5-4-10-18(19)26-25(16)27)13-14-22-24(23)17-9-3-6-12-21(17)28-22/h4*1-14H. The fraction of sp³-hybridized carbons (Fsp3) is 0. The van der Waals surface area contributed by atoms with Crippen LogP contribution in [0.3, 0.4) is 0 Å². The summed E-state index contributed by atoms with van der Waals surface area (Å²) < 4.78 is 20.0. The second kappa shape index (κ2) is 23.9. The molecule has 0 aliphatic carbocycles. The highest BCUT2D eigenvalue weighted by molar-refractivity contribution is 7.27. The van der Waals surface area contributed by atoms with E-state index < -0.39 is 0 Å². The average molecular weight is 1500 g/mol. The fourth-order valence-corrected chi connectivity index (χ4v) is 22.9. The van der Waals surface area contributed by atoms with Crippen LogP contribution in [0, 0.1) is 0 Å². The van der Waals surface area contributed by atoms with Gasteiger partial charge in [0.15, 0.2) is 0 Å². The van der Waals surface area contributed by atoms with Gasteiger partial charge in [0.2, 0.25) is 0 Å². The topological polar surface area (TPSA) is 69.2 Å². The molecular weight excluding hydrogens is 1440 g/mol.